The van der Waals surface area contributed by atoms with Crippen molar-refractivity contribution in [3.05, 3.63) is 59.7 Å². The van der Waals surface area contributed by atoms with Crippen LogP contribution in [0, 0.1) is 11.6 Å². The smallest absolute Gasteiger partial charge is 0.165 e. The van der Waals surface area contributed by atoms with Crippen molar-refractivity contribution >= 4 is 5.78 Å². The highest BCUT2D eigenvalue weighted by atomic mass is 19.1. The molecule has 0 aromatic heterocycles. The zero-order valence-electron chi connectivity index (χ0n) is 10.1. The minimum absolute atomic E-state index is 0.0598. The molecule has 0 aliphatic heterocycles. The number of hydrogen-bond donors (Lipinski definition) is 1. The summed E-state index contributed by atoms with van der Waals surface area (Å²) < 4.78 is 26.4. The molecule has 2 aromatic carbocycles. The fourth-order valence-corrected chi connectivity index (χ4v) is 1.81. The van der Waals surface area contributed by atoms with Crippen molar-refractivity contribution < 1.29 is 18.7 Å². The second-order valence-electron chi connectivity index (χ2n) is 4.10. The van der Waals surface area contributed by atoms with Crippen LogP contribution >= 0.6 is 0 Å². The van der Waals surface area contributed by atoms with Gasteiger partial charge in [-0.1, -0.05) is 24.3 Å². The topological polar surface area (TPSA) is 37.3 Å². The van der Waals surface area contributed by atoms with Gasteiger partial charge in [-0.15, -0.1) is 0 Å². The van der Waals surface area contributed by atoms with E-state index in [-0.39, 0.29) is 24.4 Å². The number of ketones is 1. The molecule has 0 heterocycles. The van der Waals surface area contributed by atoms with Crippen molar-refractivity contribution in [2.75, 3.05) is 6.61 Å². The molecule has 2 nitrogen and oxygen atoms in total. The number of carbonyl (C=O) groups excluding carboxylic acids is 1. The Morgan fingerprint density at radius 1 is 1.05 bits per heavy atom. The summed E-state index contributed by atoms with van der Waals surface area (Å²) in [4.78, 5) is 11.5. The van der Waals surface area contributed by atoms with Gasteiger partial charge in [-0.2, -0.15) is 0 Å². The maximum absolute atomic E-state index is 13.6. The van der Waals surface area contributed by atoms with Gasteiger partial charge in [-0.3, -0.25) is 4.79 Å². The van der Waals surface area contributed by atoms with E-state index in [1.54, 1.807) is 24.3 Å². The molecule has 4 heteroatoms. The molecular formula is C15H12F2O2. The summed E-state index contributed by atoms with van der Waals surface area (Å²) in [5.74, 6) is -1.45. The van der Waals surface area contributed by atoms with Crippen LogP contribution in [0.3, 0.4) is 0 Å². The van der Waals surface area contributed by atoms with Gasteiger partial charge in [0.15, 0.2) is 5.78 Å². The van der Waals surface area contributed by atoms with E-state index in [1.807, 2.05) is 0 Å². The van der Waals surface area contributed by atoms with Gasteiger partial charge in [0, 0.05) is 23.6 Å². The number of carbonyl (C=O) groups is 1. The van der Waals surface area contributed by atoms with Crippen LogP contribution in [0.2, 0.25) is 0 Å². The van der Waals surface area contributed by atoms with Gasteiger partial charge >= 0.3 is 0 Å². The van der Waals surface area contributed by atoms with Gasteiger partial charge in [0.2, 0.25) is 0 Å². The largest absolute Gasteiger partial charge is 0.396 e. The van der Waals surface area contributed by atoms with Crippen LogP contribution in [-0.4, -0.2) is 17.5 Å². The van der Waals surface area contributed by atoms with Crippen molar-refractivity contribution in [2.24, 2.45) is 0 Å². The highest BCUT2D eigenvalue weighted by Gasteiger charge is 2.08. The summed E-state index contributed by atoms with van der Waals surface area (Å²) in [6.07, 6.45) is 0.0598. The first-order chi connectivity index (χ1) is 9.11. The molecule has 1 N–H and O–H groups in total. The van der Waals surface area contributed by atoms with Gasteiger partial charge < -0.3 is 5.11 Å². The number of hydrogen-bond acceptors (Lipinski definition) is 2. The predicted octanol–water partition coefficient (Wildman–Crippen LogP) is 3.20. The molecule has 0 spiro atoms. The minimum Gasteiger partial charge on any atom is -0.396 e. The van der Waals surface area contributed by atoms with E-state index in [9.17, 15) is 13.6 Å². The summed E-state index contributed by atoms with van der Waals surface area (Å²) in [6, 6.07) is 9.69. The van der Waals surface area contributed by atoms with Gasteiger partial charge in [0.1, 0.15) is 11.6 Å². The second-order valence-corrected chi connectivity index (χ2v) is 4.10. The lowest BCUT2D eigenvalue weighted by molar-refractivity contribution is 0.0956. The molecule has 0 fully saturated rings. The van der Waals surface area contributed by atoms with Crippen LogP contribution in [0.25, 0.3) is 11.1 Å². The molecule has 0 aliphatic rings. The first-order valence-corrected chi connectivity index (χ1v) is 5.81. The van der Waals surface area contributed by atoms with Crippen molar-refractivity contribution in [3.63, 3.8) is 0 Å². The summed E-state index contributed by atoms with van der Waals surface area (Å²) >= 11 is 0. The third kappa shape index (κ3) is 3.03. The molecule has 2 rings (SSSR count). The Hall–Kier alpha value is -2.07. The normalized spacial score (nSPS) is 10.5. The third-order valence-electron chi connectivity index (χ3n) is 2.79. The second kappa shape index (κ2) is 5.71. The molecular weight excluding hydrogens is 250 g/mol. The number of Topliss-reactive ketones (excluding diaryl/α,β-unsaturated/α-hetero) is 1. The first-order valence-electron chi connectivity index (χ1n) is 5.81. The number of halogens is 2. The fraction of sp³-hybridized carbons (Fsp3) is 0.133. The Morgan fingerprint density at radius 3 is 2.32 bits per heavy atom. The fourth-order valence-electron chi connectivity index (χ4n) is 1.81. The molecule has 0 atom stereocenters. The zero-order chi connectivity index (χ0) is 13.8. The zero-order valence-corrected chi connectivity index (χ0v) is 10.1. The number of aliphatic hydroxyl groups is 1. The maximum Gasteiger partial charge on any atom is 0.165 e. The summed E-state index contributed by atoms with van der Waals surface area (Å²) in [5.41, 5.74) is 1.31. The molecule has 98 valence electrons. The van der Waals surface area contributed by atoms with Crippen LogP contribution in [-0.2, 0) is 0 Å². The molecule has 2 aromatic rings. The van der Waals surface area contributed by atoms with Crippen LogP contribution in [0.4, 0.5) is 8.78 Å². The lowest BCUT2D eigenvalue weighted by Crippen LogP contribution is -2.01. The van der Waals surface area contributed by atoms with E-state index in [2.05, 4.69) is 0 Å². The van der Waals surface area contributed by atoms with Crippen molar-refractivity contribution in [1.29, 1.82) is 0 Å². The molecule has 0 unspecified atom stereocenters. The Balaban J connectivity index is 2.30. The Bertz CT molecular complexity index is 592. The predicted molar refractivity (Wildman–Crippen MR) is 67.8 cm³/mol. The standard InChI is InChI=1S/C15H12F2O2/c16-12-5-6-13(14(17)9-12)10-1-3-11(4-2-10)15(19)7-8-18/h1-6,9,18H,7-8H2. The van der Waals surface area contributed by atoms with E-state index >= 15 is 0 Å². The van der Waals surface area contributed by atoms with Gasteiger partial charge in [-0.25, -0.2) is 8.78 Å². The number of rotatable bonds is 4. The third-order valence-corrected chi connectivity index (χ3v) is 2.79. The van der Waals surface area contributed by atoms with Crippen LogP contribution < -0.4 is 0 Å². The molecule has 0 radical (unpaired) electrons. The maximum atomic E-state index is 13.6. The van der Waals surface area contributed by atoms with E-state index in [1.165, 1.54) is 12.1 Å². The molecule has 0 aliphatic carbocycles. The highest BCUT2D eigenvalue weighted by molar-refractivity contribution is 5.96. The first kappa shape index (κ1) is 13.4. The van der Waals surface area contributed by atoms with Gasteiger partial charge in [0.25, 0.3) is 0 Å². The lowest BCUT2D eigenvalue weighted by Gasteiger charge is -2.05. The Kier molecular flexibility index (Phi) is 4.02. The SMILES string of the molecule is O=C(CCO)c1ccc(-c2ccc(F)cc2F)cc1. The Labute approximate surface area is 109 Å². The van der Waals surface area contributed by atoms with Crippen molar-refractivity contribution in [3.8, 4) is 11.1 Å². The number of benzene rings is 2. The van der Waals surface area contributed by atoms with E-state index in [4.69, 9.17) is 5.11 Å². The molecule has 0 saturated carbocycles. The molecule has 19 heavy (non-hydrogen) atoms. The van der Waals surface area contributed by atoms with Crippen molar-refractivity contribution in [2.45, 2.75) is 6.42 Å². The minimum atomic E-state index is -0.644. The molecule has 0 saturated heterocycles. The Morgan fingerprint density at radius 2 is 1.74 bits per heavy atom. The average Bonchev–Trinajstić information content (AvgIpc) is 2.39. The molecule has 0 bridgehead atoms. The number of aliphatic hydroxyl groups excluding tert-OH is 1. The van der Waals surface area contributed by atoms with E-state index in [0.29, 0.717) is 11.1 Å². The molecule has 0 amide bonds. The van der Waals surface area contributed by atoms with Crippen LogP contribution in [0.15, 0.2) is 42.5 Å². The lowest BCUT2D eigenvalue weighted by atomic mass is 10.0. The van der Waals surface area contributed by atoms with Gasteiger partial charge in [0.05, 0.1) is 6.61 Å². The quantitative estimate of drug-likeness (QED) is 0.859. The monoisotopic (exact) mass is 262 g/mol. The average molecular weight is 262 g/mol. The summed E-state index contributed by atoms with van der Waals surface area (Å²) in [6.45, 7) is -0.201. The van der Waals surface area contributed by atoms with E-state index in [0.717, 1.165) is 6.07 Å². The van der Waals surface area contributed by atoms with Crippen molar-refractivity contribution in [1.82, 2.24) is 0 Å². The van der Waals surface area contributed by atoms with Crippen LogP contribution in [0.5, 0.6) is 0 Å². The summed E-state index contributed by atoms with van der Waals surface area (Å²) in [7, 11) is 0. The van der Waals surface area contributed by atoms with Crippen LogP contribution in [0.1, 0.15) is 16.8 Å². The summed E-state index contributed by atoms with van der Waals surface area (Å²) in [5, 5.41) is 8.69. The van der Waals surface area contributed by atoms with E-state index < -0.39 is 11.6 Å². The highest BCUT2D eigenvalue weighted by Crippen LogP contribution is 2.24. The van der Waals surface area contributed by atoms with Gasteiger partial charge in [-0.05, 0) is 17.7 Å².